The zero-order chi connectivity index (χ0) is 12.4. The first-order valence-corrected chi connectivity index (χ1v) is 5.79. The highest BCUT2D eigenvalue weighted by Gasteiger charge is 2.12. The maximum atomic E-state index is 10.7. The Morgan fingerprint density at radius 3 is 2.94 bits per heavy atom. The van der Waals surface area contributed by atoms with Gasteiger partial charge in [0.2, 0.25) is 0 Å². The molecule has 2 aromatic rings. The molecule has 0 saturated heterocycles. The van der Waals surface area contributed by atoms with Gasteiger partial charge in [-0.15, -0.1) is 0 Å². The fourth-order valence-electron chi connectivity index (χ4n) is 1.99. The Balaban J connectivity index is 2.43. The van der Waals surface area contributed by atoms with Gasteiger partial charge >= 0.3 is 5.97 Å². The van der Waals surface area contributed by atoms with Crippen LogP contribution in [0.5, 0.6) is 0 Å². The van der Waals surface area contributed by atoms with E-state index in [0.29, 0.717) is 0 Å². The van der Waals surface area contributed by atoms with Crippen molar-refractivity contribution in [1.29, 1.82) is 0 Å². The molecular weight excluding hydrogens is 216 g/mol. The van der Waals surface area contributed by atoms with Crippen molar-refractivity contribution in [3.8, 4) is 0 Å². The van der Waals surface area contributed by atoms with E-state index in [-0.39, 0.29) is 12.5 Å². The number of hydrogen-bond donors (Lipinski definition) is 1. The number of aliphatic carboxylic acids is 1. The Morgan fingerprint density at radius 1 is 1.53 bits per heavy atom. The van der Waals surface area contributed by atoms with Gasteiger partial charge in [0.05, 0.1) is 23.8 Å². The van der Waals surface area contributed by atoms with Crippen LogP contribution in [0.15, 0.2) is 24.5 Å². The number of carboxylic acids is 1. The van der Waals surface area contributed by atoms with Crippen molar-refractivity contribution in [2.45, 2.75) is 32.7 Å². The number of carboxylic acid groups (broad SMARTS) is 1. The predicted octanol–water partition coefficient (Wildman–Crippen LogP) is 2.63. The summed E-state index contributed by atoms with van der Waals surface area (Å²) in [7, 11) is 0. The molecule has 1 aromatic heterocycles. The van der Waals surface area contributed by atoms with Gasteiger partial charge in [0.25, 0.3) is 0 Å². The first kappa shape index (κ1) is 11.6. The van der Waals surface area contributed by atoms with Gasteiger partial charge in [-0.25, -0.2) is 4.98 Å². The molecule has 4 nitrogen and oxygen atoms in total. The van der Waals surface area contributed by atoms with E-state index >= 15 is 0 Å². The molecule has 0 aliphatic heterocycles. The van der Waals surface area contributed by atoms with Crippen molar-refractivity contribution in [2.75, 3.05) is 0 Å². The van der Waals surface area contributed by atoms with Gasteiger partial charge in [-0.05, 0) is 31.0 Å². The van der Waals surface area contributed by atoms with Crippen LogP contribution in [0.1, 0.15) is 31.9 Å². The van der Waals surface area contributed by atoms with Gasteiger partial charge in [-0.3, -0.25) is 4.79 Å². The molecule has 1 atom stereocenters. The minimum atomic E-state index is -0.786. The van der Waals surface area contributed by atoms with Gasteiger partial charge in [-0.1, -0.05) is 13.0 Å². The molecular formula is C13H16N2O2. The number of carbonyl (C=O) groups is 1. The number of nitrogens with zero attached hydrogens (tertiary/aromatic N) is 2. The molecule has 1 N–H and O–H groups in total. The second-order valence-corrected chi connectivity index (χ2v) is 4.28. The third-order valence-electron chi connectivity index (χ3n) is 2.99. The van der Waals surface area contributed by atoms with Crippen LogP contribution in [0.3, 0.4) is 0 Å². The Labute approximate surface area is 99.9 Å². The maximum Gasteiger partial charge on any atom is 0.305 e. The largest absolute Gasteiger partial charge is 0.481 e. The first-order chi connectivity index (χ1) is 8.11. The third-order valence-corrected chi connectivity index (χ3v) is 2.99. The summed E-state index contributed by atoms with van der Waals surface area (Å²) in [5, 5.41) is 8.82. The molecule has 0 bridgehead atoms. The SMILES string of the molecule is CCc1ccc2ncn(C(C)CC(=O)O)c2c1. The summed E-state index contributed by atoms with van der Waals surface area (Å²) < 4.78 is 1.93. The first-order valence-electron chi connectivity index (χ1n) is 5.79. The summed E-state index contributed by atoms with van der Waals surface area (Å²) in [6, 6.07) is 6.05. The van der Waals surface area contributed by atoms with Gasteiger partial charge in [0.1, 0.15) is 0 Å². The standard InChI is InChI=1S/C13H16N2O2/c1-3-10-4-5-11-12(7-10)15(8-14-11)9(2)6-13(16)17/h4-5,7-9H,3,6H2,1-2H3,(H,16,17). The van der Waals surface area contributed by atoms with Gasteiger partial charge in [0, 0.05) is 6.04 Å². The number of hydrogen-bond acceptors (Lipinski definition) is 2. The monoisotopic (exact) mass is 232 g/mol. The van der Waals surface area contributed by atoms with E-state index in [1.54, 1.807) is 6.33 Å². The summed E-state index contributed by atoms with van der Waals surface area (Å²) >= 11 is 0. The lowest BCUT2D eigenvalue weighted by molar-refractivity contribution is -0.137. The van der Waals surface area contributed by atoms with Crippen LogP contribution in [-0.4, -0.2) is 20.6 Å². The average Bonchev–Trinajstić information content (AvgIpc) is 2.70. The smallest absolute Gasteiger partial charge is 0.305 e. The minimum Gasteiger partial charge on any atom is -0.481 e. The second-order valence-electron chi connectivity index (χ2n) is 4.28. The van der Waals surface area contributed by atoms with E-state index in [1.807, 2.05) is 17.6 Å². The Morgan fingerprint density at radius 2 is 2.29 bits per heavy atom. The zero-order valence-corrected chi connectivity index (χ0v) is 10.1. The highest BCUT2D eigenvalue weighted by Crippen LogP contribution is 2.21. The van der Waals surface area contributed by atoms with Crippen LogP contribution in [0, 0.1) is 0 Å². The number of aryl methyl sites for hydroxylation is 1. The quantitative estimate of drug-likeness (QED) is 0.881. The van der Waals surface area contributed by atoms with E-state index in [0.717, 1.165) is 17.5 Å². The van der Waals surface area contributed by atoms with Crippen LogP contribution in [-0.2, 0) is 11.2 Å². The lowest BCUT2D eigenvalue weighted by atomic mass is 10.1. The molecule has 0 fully saturated rings. The van der Waals surface area contributed by atoms with Crippen LogP contribution in [0.25, 0.3) is 11.0 Å². The lowest BCUT2D eigenvalue weighted by Crippen LogP contribution is -2.09. The highest BCUT2D eigenvalue weighted by atomic mass is 16.4. The van der Waals surface area contributed by atoms with Crippen LogP contribution in [0.2, 0.25) is 0 Å². The Kier molecular flexibility index (Phi) is 3.13. The summed E-state index contributed by atoms with van der Waals surface area (Å²) in [5.41, 5.74) is 3.17. The second kappa shape index (κ2) is 4.57. The van der Waals surface area contributed by atoms with E-state index in [2.05, 4.69) is 24.0 Å². The normalized spacial score (nSPS) is 12.8. The highest BCUT2D eigenvalue weighted by molar-refractivity contribution is 5.76. The van der Waals surface area contributed by atoms with Crippen molar-refractivity contribution in [3.63, 3.8) is 0 Å². The fraction of sp³-hybridized carbons (Fsp3) is 0.385. The van der Waals surface area contributed by atoms with E-state index in [1.165, 1.54) is 5.56 Å². The Hall–Kier alpha value is -1.84. The molecule has 0 saturated carbocycles. The molecule has 90 valence electrons. The van der Waals surface area contributed by atoms with Crippen LogP contribution >= 0.6 is 0 Å². The molecule has 1 heterocycles. The van der Waals surface area contributed by atoms with Crippen molar-refractivity contribution < 1.29 is 9.90 Å². The van der Waals surface area contributed by atoms with Crippen molar-refractivity contribution >= 4 is 17.0 Å². The van der Waals surface area contributed by atoms with E-state index < -0.39 is 5.97 Å². The molecule has 4 heteroatoms. The molecule has 0 aliphatic carbocycles. The number of aromatic nitrogens is 2. The topological polar surface area (TPSA) is 55.1 Å². The zero-order valence-electron chi connectivity index (χ0n) is 10.1. The minimum absolute atomic E-state index is 0.0791. The molecule has 0 spiro atoms. The Bertz CT molecular complexity index is 545. The molecule has 0 amide bonds. The van der Waals surface area contributed by atoms with E-state index in [9.17, 15) is 4.79 Å². The lowest BCUT2D eigenvalue weighted by Gasteiger charge is -2.12. The van der Waals surface area contributed by atoms with Crippen molar-refractivity contribution in [1.82, 2.24) is 9.55 Å². The number of fused-ring (bicyclic) bond motifs is 1. The summed E-state index contributed by atoms with van der Waals surface area (Å²) in [6.07, 6.45) is 2.80. The van der Waals surface area contributed by atoms with Crippen LogP contribution < -0.4 is 0 Å². The molecule has 1 unspecified atom stereocenters. The summed E-state index contributed by atoms with van der Waals surface area (Å²) in [5.74, 6) is -0.786. The number of imidazole rings is 1. The molecule has 0 radical (unpaired) electrons. The maximum absolute atomic E-state index is 10.7. The van der Waals surface area contributed by atoms with Crippen LogP contribution in [0.4, 0.5) is 0 Å². The van der Waals surface area contributed by atoms with E-state index in [4.69, 9.17) is 5.11 Å². The average molecular weight is 232 g/mol. The fourth-order valence-corrected chi connectivity index (χ4v) is 1.99. The summed E-state index contributed by atoms with van der Waals surface area (Å²) in [6.45, 7) is 4.00. The number of rotatable bonds is 4. The van der Waals surface area contributed by atoms with Gasteiger partial charge in [0.15, 0.2) is 0 Å². The van der Waals surface area contributed by atoms with Crippen molar-refractivity contribution in [2.24, 2.45) is 0 Å². The molecule has 17 heavy (non-hydrogen) atoms. The van der Waals surface area contributed by atoms with Gasteiger partial charge < -0.3 is 9.67 Å². The van der Waals surface area contributed by atoms with Gasteiger partial charge in [-0.2, -0.15) is 0 Å². The predicted molar refractivity (Wildman–Crippen MR) is 66.1 cm³/mol. The summed E-state index contributed by atoms with van der Waals surface area (Å²) in [4.78, 5) is 15.0. The molecule has 0 aliphatic rings. The number of benzene rings is 1. The molecule has 1 aromatic carbocycles. The van der Waals surface area contributed by atoms with Crippen molar-refractivity contribution in [3.05, 3.63) is 30.1 Å². The molecule has 2 rings (SSSR count). The third kappa shape index (κ3) is 2.30.